The lowest BCUT2D eigenvalue weighted by molar-refractivity contribution is 0.102. The average Bonchev–Trinajstić information content (AvgIpc) is 2.73. The number of hydrazone groups is 1. The van der Waals surface area contributed by atoms with Crippen LogP contribution < -0.4 is 16.4 Å². The number of benzene rings is 1. The second-order valence-corrected chi connectivity index (χ2v) is 8.03. The van der Waals surface area contributed by atoms with Crippen molar-refractivity contribution in [1.82, 2.24) is 4.98 Å². The molecule has 7 nitrogen and oxygen atoms in total. The van der Waals surface area contributed by atoms with Crippen molar-refractivity contribution in [2.75, 3.05) is 10.7 Å². The van der Waals surface area contributed by atoms with Gasteiger partial charge in [0.05, 0.1) is 11.4 Å². The first-order valence-corrected chi connectivity index (χ1v) is 9.68. The highest BCUT2D eigenvalue weighted by atomic mass is 16.4. The third-order valence-electron chi connectivity index (χ3n) is 4.91. The van der Waals surface area contributed by atoms with Crippen molar-refractivity contribution in [3.05, 3.63) is 88.2 Å². The number of nitrogens with one attached hydrogen (secondary N) is 2. The Bertz CT molecular complexity index is 1150. The fourth-order valence-corrected chi connectivity index (χ4v) is 3.46. The van der Waals surface area contributed by atoms with Crippen LogP contribution in [0.5, 0.6) is 0 Å². The lowest BCUT2D eigenvalue weighted by atomic mass is 9.76. The first-order valence-electron chi connectivity index (χ1n) is 9.68. The molecule has 1 amide bonds. The van der Waals surface area contributed by atoms with Crippen molar-refractivity contribution in [2.45, 2.75) is 26.7 Å². The van der Waals surface area contributed by atoms with Gasteiger partial charge in [-0.3, -0.25) is 15.2 Å². The molecule has 3 aromatic rings. The summed E-state index contributed by atoms with van der Waals surface area (Å²) < 4.78 is 5.59. The van der Waals surface area contributed by atoms with Crippen LogP contribution in [0.2, 0.25) is 0 Å². The molecule has 2 heterocycles. The number of amides is 1. The van der Waals surface area contributed by atoms with Gasteiger partial charge in [0, 0.05) is 29.9 Å². The molecule has 0 fully saturated rings. The van der Waals surface area contributed by atoms with E-state index in [1.54, 1.807) is 18.2 Å². The van der Waals surface area contributed by atoms with Crippen LogP contribution in [0.3, 0.4) is 0 Å². The van der Waals surface area contributed by atoms with Crippen molar-refractivity contribution in [3.8, 4) is 0 Å². The van der Waals surface area contributed by atoms with E-state index >= 15 is 0 Å². The minimum atomic E-state index is -0.579. The van der Waals surface area contributed by atoms with Gasteiger partial charge < -0.3 is 9.73 Å². The maximum atomic E-state index is 12.5. The molecule has 1 aromatic carbocycles. The molecule has 0 radical (unpaired) electrons. The summed E-state index contributed by atoms with van der Waals surface area (Å²) in [5.74, 6) is 0.175. The Balaban J connectivity index is 1.68. The van der Waals surface area contributed by atoms with Crippen molar-refractivity contribution < 1.29 is 9.21 Å². The number of aromatic nitrogens is 1. The van der Waals surface area contributed by atoms with Gasteiger partial charge in [0.2, 0.25) is 0 Å². The Morgan fingerprint density at radius 3 is 2.57 bits per heavy atom. The van der Waals surface area contributed by atoms with Gasteiger partial charge in [-0.15, -0.1) is 0 Å². The lowest BCUT2D eigenvalue weighted by Gasteiger charge is -2.31. The standard InChI is InChI=1S/C23H22N4O3/c1-23(2)13-19(27-26-16-6-4-3-5-7-16)17-12-18(22(29)30-20(17)14-23)25-21(28)15-8-10-24-11-9-15/h3-12,26H,13-14H2,1-2H3,(H,25,28)/b27-19+. The van der Waals surface area contributed by atoms with Gasteiger partial charge in [-0.1, -0.05) is 32.0 Å². The molecule has 0 unspecified atom stereocenters. The molecule has 0 spiro atoms. The average molecular weight is 402 g/mol. The molecule has 0 aliphatic heterocycles. The molecule has 4 rings (SSSR count). The van der Waals surface area contributed by atoms with E-state index in [0.29, 0.717) is 24.2 Å². The van der Waals surface area contributed by atoms with Crippen LogP contribution in [0.1, 0.15) is 41.9 Å². The molecule has 2 aromatic heterocycles. The summed E-state index contributed by atoms with van der Waals surface area (Å²) in [6.07, 6.45) is 4.35. The number of fused-ring (bicyclic) bond motifs is 1. The maximum Gasteiger partial charge on any atom is 0.359 e. The molecule has 152 valence electrons. The number of carbonyl (C=O) groups excluding carboxylic acids is 1. The number of anilines is 2. The van der Waals surface area contributed by atoms with Gasteiger partial charge in [0.25, 0.3) is 5.91 Å². The quantitative estimate of drug-likeness (QED) is 0.641. The molecule has 2 N–H and O–H groups in total. The Morgan fingerprint density at radius 2 is 1.83 bits per heavy atom. The molecule has 0 saturated carbocycles. The highest BCUT2D eigenvalue weighted by Crippen LogP contribution is 2.35. The van der Waals surface area contributed by atoms with Crippen LogP contribution in [-0.4, -0.2) is 16.6 Å². The molecule has 0 atom stereocenters. The van der Waals surface area contributed by atoms with E-state index in [9.17, 15) is 9.59 Å². The van der Waals surface area contributed by atoms with Crippen molar-refractivity contribution in [3.63, 3.8) is 0 Å². The largest absolute Gasteiger partial charge is 0.426 e. The van der Waals surface area contributed by atoms with Crippen LogP contribution in [0.25, 0.3) is 0 Å². The fourth-order valence-electron chi connectivity index (χ4n) is 3.46. The summed E-state index contributed by atoms with van der Waals surface area (Å²) >= 11 is 0. The zero-order chi connectivity index (χ0) is 21.1. The SMILES string of the molecule is CC1(C)C/C(=N\Nc2ccccc2)c2cc(NC(=O)c3ccncc3)c(=O)oc2C1. The third kappa shape index (κ3) is 4.30. The summed E-state index contributed by atoms with van der Waals surface area (Å²) in [6.45, 7) is 4.21. The number of nitrogens with zero attached hydrogens (tertiary/aromatic N) is 2. The molecular weight excluding hydrogens is 380 g/mol. The molecule has 0 saturated heterocycles. The van der Waals surface area contributed by atoms with E-state index in [1.165, 1.54) is 12.4 Å². The topological polar surface area (TPSA) is 96.6 Å². The minimum Gasteiger partial charge on any atom is -0.426 e. The zero-order valence-electron chi connectivity index (χ0n) is 16.8. The molecular formula is C23H22N4O3. The summed E-state index contributed by atoms with van der Waals surface area (Å²) in [6, 6.07) is 14.4. The van der Waals surface area contributed by atoms with Gasteiger partial charge in [-0.25, -0.2) is 4.79 Å². The van der Waals surface area contributed by atoms with Crippen LogP contribution in [0.4, 0.5) is 11.4 Å². The fraction of sp³-hybridized carbons (Fsp3) is 0.217. The predicted octanol–water partition coefficient (Wildman–Crippen LogP) is 4.08. The summed E-state index contributed by atoms with van der Waals surface area (Å²) in [5, 5.41) is 7.23. The van der Waals surface area contributed by atoms with Crippen molar-refractivity contribution >= 4 is 23.0 Å². The van der Waals surface area contributed by atoms with E-state index in [4.69, 9.17) is 4.42 Å². The Morgan fingerprint density at radius 1 is 1.10 bits per heavy atom. The van der Waals surface area contributed by atoms with Crippen LogP contribution in [0.15, 0.2) is 75.2 Å². The number of hydrogen-bond donors (Lipinski definition) is 2. The number of rotatable bonds is 4. The Kier molecular flexibility index (Phi) is 5.18. The third-order valence-corrected chi connectivity index (χ3v) is 4.91. The highest BCUT2D eigenvalue weighted by molar-refractivity contribution is 6.06. The molecule has 0 bridgehead atoms. The van der Waals surface area contributed by atoms with Gasteiger partial charge in [0.1, 0.15) is 11.4 Å². The van der Waals surface area contributed by atoms with Gasteiger partial charge >= 0.3 is 5.63 Å². The first kappa shape index (κ1) is 19.6. The van der Waals surface area contributed by atoms with Crippen molar-refractivity contribution in [1.29, 1.82) is 0 Å². The number of hydrogen-bond acceptors (Lipinski definition) is 6. The van der Waals surface area contributed by atoms with Gasteiger partial charge in [0.15, 0.2) is 0 Å². The second-order valence-electron chi connectivity index (χ2n) is 8.03. The molecule has 1 aliphatic carbocycles. The highest BCUT2D eigenvalue weighted by Gasteiger charge is 2.32. The first-order chi connectivity index (χ1) is 14.4. The van der Waals surface area contributed by atoms with E-state index in [-0.39, 0.29) is 11.1 Å². The summed E-state index contributed by atoms with van der Waals surface area (Å²) in [4.78, 5) is 28.9. The van der Waals surface area contributed by atoms with Crippen LogP contribution in [0, 0.1) is 5.41 Å². The van der Waals surface area contributed by atoms with E-state index in [1.807, 2.05) is 30.3 Å². The van der Waals surface area contributed by atoms with Crippen molar-refractivity contribution in [2.24, 2.45) is 10.5 Å². The van der Waals surface area contributed by atoms with Crippen LogP contribution in [-0.2, 0) is 6.42 Å². The zero-order valence-corrected chi connectivity index (χ0v) is 16.8. The normalized spacial score (nSPS) is 16.0. The maximum absolute atomic E-state index is 12.5. The lowest BCUT2D eigenvalue weighted by Crippen LogP contribution is -2.30. The predicted molar refractivity (Wildman–Crippen MR) is 116 cm³/mol. The summed E-state index contributed by atoms with van der Waals surface area (Å²) in [5.41, 5.74) is 5.23. The van der Waals surface area contributed by atoms with Gasteiger partial charge in [-0.05, 0) is 42.2 Å². The number of carbonyl (C=O) groups is 1. The number of pyridine rings is 1. The van der Waals surface area contributed by atoms with Crippen LogP contribution >= 0.6 is 0 Å². The molecule has 7 heteroatoms. The minimum absolute atomic E-state index is 0.0858. The van der Waals surface area contributed by atoms with E-state index in [2.05, 4.69) is 34.7 Å². The number of para-hydroxylation sites is 1. The molecule has 30 heavy (non-hydrogen) atoms. The monoisotopic (exact) mass is 402 g/mol. The van der Waals surface area contributed by atoms with E-state index in [0.717, 1.165) is 17.0 Å². The Hall–Kier alpha value is -3.74. The Labute approximate surface area is 173 Å². The second kappa shape index (κ2) is 7.94. The van der Waals surface area contributed by atoms with E-state index < -0.39 is 11.5 Å². The summed E-state index contributed by atoms with van der Waals surface area (Å²) in [7, 11) is 0. The molecule has 1 aliphatic rings. The smallest absolute Gasteiger partial charge is 0.359 e. The van der Waals surface area contributed by atoms with Gasteiger partial charge in [-0.2, -0.15) is 5.10 Å².